The third-order valence-corrected chi connectivity index (χ3v) is 9.65. The molecule has 0 aromatic carbocycles. The highest BCUT2D eigenvalue weighted by molar-refractivity contribution is 5.88. The van der Waals surface area contributed by atoms with E-state index in [4.69, 9.17) is 4.74 Å². The van der Waals surface area contributed by atoms with E-state index in [1.165, 1.54) is 5.57 Å². The topological polar surface area (TPSA) is 63.6 Å². The molecule has 4 aliphatic rings. The van der Waals surface area contributed by atoms with Crippen LogP contribution in [-0.2, 0) is 14.3 Å². The van der Waals surface area contributed by atoms with Crippen LogP contribution in [0.2, 0.25) is 0 Å². The van der Waals surface area contributed by atoms with E-state index in [1.54, 1.807) is 19.9 Å². The van der Waals surface area contributed by atoms with Crippen molar-refractivity contribution in [1.82, 2.24) is 0 Å². The Morgan fingerprint density at radius 1 is 1.17 bits per heavy atom. The van der Waals surface area contributed by atoms with Crippen LogP contribution in [0.15, 0.2) is 23.3 Å². The van der Waals surface area contributed by atoms with E-state index < -0.39 is 0 Å². The number of allylic oxidation sites excluding steroid dienone is 2. The van der Waals surface area contributed by atoms with Gasteiger partial charge < -0.3 is 9.84 Å². The molecule has 0 aromatic rings. The fourth-order valence-corrected chi connectivity index (χ4v) is 7.76. The fourth-order valence-electron chi connectivity index (χ4n) is 7.76. The zero-order valence-corrected chi connectivity index (χ0v) is 19.2. The molecule has 8 unspecified atom stereocenters. The van der Waals surface area contributed by atoms with E-state index in [9.17, 15) is 14.7 Å². The molecule has 3 fully saturated rings. The van der Waals surface area contributed by atoms with E-state index in [1.807, 2.05) is 6.92 Å². The van der Waals surface area contributed by atoms with Crippen molar-refractivity contribution >= 4 is 11.8 Å². The van der Waals surface area contributed by atoms with Gasteiger partial charge in [0, 0.05) is 16.9 Å². The zero-order valence-electron chi connectivity index (χ0n) is 19.2. The van der Waals surface area contributed by atoms with Crippen LogP contribution in [-0.4, -0.2) is 29.1 Å². The molecule has 8 atom stereocenters. The second-order valence-electron chi connectivity index (χ2n) is 10.9. The lowest BCUT2D eigenvalue weighted by Crippen LogP contribution is -2.57. The molecule has 0 heterocycles. The summed E-state index contributed by atoms with van der Waals surface area (Å²) in [6.07, 6.45) is 10.2. The first-order valence-corrected chi connectivity index (χ1v) is 11.8. The standard InChI is InChI=1S/C26H38O4/c1-6-15(2)24(29)30-23-14-22-19(21-10-9-20(16(3)27)26(21,23)5)8-7-17-13-18(28)11-12-25(17,22)4/h6-7,18-23,28H,8-14H2,1-5H3/b15-6+. The molecule has 0 amide bonds. The summed E-state index contributed by atoms with van der Waals surface area (Å²) in [7, 11) is 0. The summed E-state index contributed by atoms with van der Waals surface area (Å²) in [4.78, 5) is 25.4. The summed E-state index contributed by atoms with van der Waals surface area (Å²) in [5.41, 5.74) is 1.82. The minimum atomic E-state index is -0.285. The van der Waals surface area contributed by atoms with Gasteiger partial charge in [0.1, 0.15) is 11.9 Å². The number of rotatable bonds is 3. The Labute approximate surface area is 181 Å². The van der Waals surface area contributed by atoms with Crippen molar-refractivity contribution in [3.63, 3.8) is 0 Å². The summed E-state index contributed by atoms with van der Waals surface area (Å²) in [5.74, 6) is 1.33. The normalized spacial score (nSPS) is 45.7. The van der Waals surface area contributed by atoms with Crippen molar-refractivity contribution < 1.29 is 19.4 Å². The van der Waals surface area contributed by atoms with Crippen LogP contribution in [0.25, 0.3) is 0 Å². The van der Waals surface area contributed by atoms with Crippen molar-refractivity contribution in [2.24, 2.45) is 34.5 Å². The Kier molecular flexibility index (Phi) is 5.53. The van der Waals surface area contributed by atoms with Gasteiger partial charge in [0.2, 0.25) is 0 Å². The maximum atomic E-state index is 12.8. The number of hydrogen-bond acceptors (Lipinski definition) is 4. The minimum absolute atomic E-state index is 0.0291. The van der Waals surface area contributed by atoms with Crippen molar-refractivity contribution in [1.29, 1.82) is 0 Å². The molecule has 4 rings (SSSR count). The van der Waals surface area contributed by atoms with Gasteiger partial charge in [0.15, 0.2) is 0 Å². The Hall–Kier alpha value is -1.42. The van der Waals surface area contributed by atoms with E-state index in [-0.39, 0.29) is 40.7 Å². The summed E-state index contributed by atoms with van der Waals surface area (Å²) < 4.78 is 6.21. The largest absolute Gasteiger partial charge is 0.458 e. The lowest BCUT2D eigenvalue weighted by atomic mass is 9.46. The number of aliphatic hydroxyl groups excluding tert-OH is 1. The van der Waals surface area contributed by atoms with Gasteiger partial charge in [0.25, 0.3) is 0 Å². The molecule has 4 aliphatic carbocycles. The maximum Gasteiger partial charge on any atom is 0.333 e. The van der Waals surface area contributed by atoms with E-state index >= 15 is 0 Å². The summed E-state index contributed by atoms with van der Waals surface area (Å²) in [6.45, 7) is 9.97. The quantitative estimate of drug-likeness (QED) is 0.401. The van der Waals surface area contributed by atoms with Gasteiger partial charge in [-0.25, -0.2) is 4.79 Å². The van der Waals surface area contributed by atoms with Crippen LogP contribution in [0.3, 0.4) is 0 Å². The zero-order chi connectivity index (χ0) is 21.8. The monoisotopic (exact) mass is 414 g/mol. The average Bonchev–Trinajstić information content (AvgIpc) is 3.07. The molecular weight excluding hydrogens is 376 g/mol. The number of aliphatic hydroxyl groups is 1. The van der Waals surface area contributed by atoms with Gasteiger partial charge >= 0.3 is 5.97 Å². The molecular formula is C26H38O4. The summed E-state index contributed by atoms with van der Waals surface area (Å²) in [6, 6.07) is 0. The molecule has 0 spiro atoms. The van der Waals surface area contributed by atoms with Crippen LogP contribution in [0.4, 0.5) is 0 Å². The molecule has 30 heavy (non-hydrogen) atoms. The molecule has 3 saturated carbocycles. The number of Topliss-reactive ketones (excluding diaryl/α,β-unsaturated/α-hetero) is 1. The first kappa shape index (κ1) is 21.8. The fraction of sp³-hybridized carbons (Fsp3) is 0.769. The van der Waals surface area contributed by atoms with E-state index in [0.717, 1.165) is 44.9 Å². The molecule has 1 N–H and O–H groups in total. The number of esters is 1. The van der Waals surface area contributed by atoms with Crippen LogP contribution in [0.1, 0.15) is 79.6 Å². The van der Waals surface area contributed by atoms with Crippen LogP contribution < -0.4 is 0 Å². The maximum absolute atomic E-state index is 12.8. The van der Waals surface area contributed by atoms with E-state index in [0.29, 0.717) is 23.3 Å². The smallest absolute Gasteiger partial charge is 0.333 e. The highest BCUT2D eigenvalue weighted by Crippen LogP contribution is 2.66. The Balaban J connectivity index is 1.73. The third kappa shape index (κ3) is 3.13. The molecule has 0 radical (unpaired) electrons. The van der Waals surface area contributed by atoms with Gasteiger partial charge in [0.05, 0.1) is 6.10 Å². The molecule has 0 aliphatic heterocycles. The highest BCUT2D eigenvalue weighted by atomic mass is 16.5. The number of carbonyl (C=O) groups is 2. The van der Waals surface area contributed by atoms with Gasteiger partial charge in [-0.3, -0.25) is 4.79 Å². The lowest BCUT2D eigenvalue weighted by Gasteiger charge is -2.59. The molecule has 4 heteroatoms. The predicted octanol–water partition coefficient (Wildman–Crippen LogP) is 5.00. The summed E-state index contributed by atoms with van der Waals surface area (Å²) in [5, 5.41) is 10.3. The van der Waals surface area contributed by atoms with Gasteiger partial charge in [-0.1, -0.05) is 31.6 Å². The molecule has 166 valence electrons. The average molecular weight is 415 g/mol. The Bertz CT molecular complexity index is 795. The van der Waals surface area contributed by atoms with Gasteiger partial charge in [-0.05, 0) is 88.9 Å². The first-order valence-electron chi connectivity index (χ1n) is 11.8. The first-order chi connectivity index (χ1) is 14.1. The molecule has 0 bridgehead atoms. The van der Waals surface area contributed by atoms with E-state index in [2.05, 4.69) is 19.9 Å². The van der Waals surface area contributed by atoms with Crippen molar-refractivity contribution in [2.75, 3.05) is 0 Å². The lowest BCUT2D eigenvalue weighted by molar-refractivity contribution is -0.177. The van der Waals surface area contributed by atoms with Crippen molar-refractivity contribution in [3.8, 4) is 0 Å². The van der Waals surface area contributed by atoms with Crippen molar-refractivity contribution in [2.45, 2.75) is 91.8 Å². The van der Waals surface area contributed by atoms with Crippen LogP contribution in [0, 0.1) is 34.5 Å². The van der Waals surface area contributed by atoms with Gasteiger partial charge in [-0.2, -0.15) is 0 Å². The second-order valence-corrected chi connectivity index (χ2v) is 10.9. The molecule has 0 saturated heterocycles. The Morgan fingerprint density at radius 3 is 2.57 bits per heavy atom. The van der Waals surface area contributed by atoms with Crippen molar-refractivity contribution in [3.05, 3.63) is 23.3 Å². The number of ether oxygens (including phenoxy) is 1. The Morgan fingerprint density at radius 2 is 1.90 bits per heavy atom. The molecule has 0 aromatic heterocycles. The van der Waals surface area contributed by atoms with Crippen LogP contribution in [0.5, 0.6) is 0 Å². The number of ketones is 1. The van der Waals surface area contributed by atoms with Gasteiger partial charge in [-0.15, -0.1) is 0 Å². The highest BCUT2D eigenvalue weighted by Gasteiger charge is 2.64. The number of fused-ring (bicyclic) bond motifs is 5. The second kappa shape index (κ2) is 7.62. The minimum Gasteiger partial charge on any atom is -0.458 e. The SMILES string of the molecule is C/C=C(\C)C(=O)OC1CC2C(CC=C3CC(O)CCC32C)C2CCC(C(C)=O)C12C. The number of carbonyl (C=O) groups excluding carboxylic acids is 2. The number of hydrogen-bond donors (Lipinski definition) is 1. The predicted molar refractivity (Wildman–Crippen MR) is 117 cm³/mol. The van der Waals surface area contributed by atoms with Crippen LogP contribution >= 0.6 is 0 Å². The summed E-state index contributed by atoms with van der Waals surface area (Å²) >= 11 is 0. The molecule has 4 nitrogen and oxygen atoms in total. The third-order valence-electron chi connectivity index (χ3n) is 9.65.